The molecule has 1 aromatic carbocycles. The maximum atomic E-state index is 4.21. The minimum absolute atomic E-state index is 0.857. The molecule has 0 aliphatic carbocycles. The molecule has 2 aromatic rings. The summed E-state index contributed by atoms with van der Waals surface area (Å²) in [4.78, 5) is 0. The molecule has 0 saturated heterocycles. The van der Waals surface area contributed by atoms with Crippen LogP contribution in [-0.4, -0.2) is 13.8 Å². The first-order valence-electron chi connectivity index (χ1n) is 7.62. The van der Waals surface area contributed by atoms with Crippen LogP contribution < -0.4 is 16.1 Å². The molecule has 0 aliphatic heterocycles. The average Bonchev–Trinajstić information content (AvgIpc) is 2.99. The zero-order valence-electron chi connectivity index (χ0n) is 14.0. The van der Waals surface area contributed by atoms with Crippen LogP contribution in [0.4, 0.5) is 11.4 Å². The fraction of sp³-hybridized carbons (Fsp3) is 0.278. The van der Waals surface area contributed by atoms with Crippen LogP contribution in [0.2, 0.25) is 0 Å². The highest BCUT2D eigenvalue weighted by molar-refractivity contribution is 7.08. The van der Waals surface area contributed by atoms with Crippen molar-refractivity contribution in [2.75, 3.05) is 17.8 Å². The molecule has 0 spiro atoms. The van der Waals surface area contributed by atoms with Crippen molar-refractivity contribution in [2.45, 2.75) is 26.8 Å². The van der Waals surface area contributed by atoms with Gasteiger partial charge in [0.05, 0.1) is 5.69 Å². The number of thiophene rings is 1. The first kappa shape index (κ1) is 17.2. The van der Waals surface area contributed by atoms with Gasteiger partial charge in [0.2, 0.25) is 0 Å². The Balaban J connectivity index is 2.35. The molecule has 0 saturated carbocycles. The van der Waals surface area contributed by atoms with E-state index >= 15 is 0 Å². The largest absolute Gasteiger partial charge is 0.355 e. The summed E-state index contributed by atoms with van der Waals surface area (Å²) in [6, 6.07) is 4.34. The van der Waals surface area contributed by atoms with Gasteiger partial charge in [-0.05, 0) is 37.1 Å². The number of aryl methyl sites for hydroxylation is 1. The van der Waals surface area contributed by atoms with Crippen molar-refractivity contribution in [1.82, 2.24) is 5.32 Å². The summed E-state index contributed by atoms with van der Waals surface area (Å²) in [6.45, 7) is 12.8. The summed E-state index contributed by atoms with van der Waals surface area (Å²) in [5.74, 6) is 0. The van der Waals surface area contributed by atoms with Crippen LogP contribution in [0.1, 0.15) is 29.2 Å². The third-order valence-electron chi connectivity index (χ3n) is 3.80. The second-order valence-corrected chi connectivity index (χ2v) is 6.10. The van der Waals surface area contributed by atoms with Crippen molar-refractivity contribution < 1.29 is 0 Å². The summed E-state index contributed by atoms with van der Waals surface area (Å²) in [5.41, 5.74) is 10.7. The Bertz CT molecular complexity index is 703. The maximum absolute atomic E-state index is 4.21. The van der Waals surface area contributed by atoms with Crippen LogP contribution in [0.25, 0.3) is 5.70 Å². The minimum atomic E-state index is 0.857. The van der Waals surface area contributed by atoms with Gasteiger partial charge in [-0.3, -0.25) is 5.43 Å². The van der Waals surface area contributed by atoms with E-state index in [2.05, 4.69) is 65.8 Å². The second-order valence-electron chi connectivity index (χ2n) is 5.35. The molecular formula is C18H24N4S. The fourth-order valence-electron chi connectivity index (χ4n) is 2.66. The number of anilines is 2. The van der Waals surface area contributed by atoms with E-state index in [4.69, 9.17) is 0 Å². The fourth-order valence-corrected chi connectivity index (χ4v) is 3.45. The molecule has 1 heterocycles. The highest BCUT2D eigenvalue weighted by Gasteiger charge is 2.13. The molecule has 2 rings (SSSR count). The van der Waals surface area contributed by atoms with Crippen LogP contribution in [0.5, 0.6) is 0 Å². The zero-order valence-corrected chi connectivity index (χ0v) is 14.8. The molecule has 122 valence electrons. The van der Waals surface area contributed by atoms with Gasteiger partial charge in [0.15, 0.2) is 0 Å². The summed E-state index contributed by atoms with van der Waals surface area (Å²) < 4.78 is 0. The molecule has 0 bridgehead atoms. The molecule has 23 heavy (non-hydrogen) atoms. The number of rotatable bonds is 8. The van der Waals surface area contributed by atoms with Crippen LogP contribution in [0.15, 0.2) is 34.6 Å². The van der Waals surface area contributed by atoms with Crippen molar-refractivity contribution >= 4 is 35.1 Å². The molecule has 0 unspecified atom stereocenters. The number of nitrogens with one attached hydrogen (secondary N) is 3. The van der Waals surface area contributed by atoms with Crippen molar-refractivity contribution in [1.29, 1.82) is 0 Å². The van der Waals surface area contributed by atoms with Crippen LogP contribution >= 0.6 is 11.3 Å². The molecule has 3 N–H and O–H groups in total. The Labute approximate surface area is 142 Å². The molecule has 0 atom stereocenters. The van der Waals surface area contributed by atoms with Crippen molar-refractivity contribution in [3.63, 3.8) is 0 Å². The van der Waals surface area contributed by atoms with Gasteiger partial charge in [0.1, 0.15) is 0 Å². The molecule has 5 heteroatoms. The molecule has 0 fully saturated rings. The Morgan fingerprint density at radius 1 is 1.30 bits per heavy atom. The summed E-state index contributed by atoms with van der Waals surface area (Å²) in [5, 5.41) is 14.6. The van der Waals surface area contributed by atoms with Gasteiger partial charge in [-0.15, -0.1) is 11.3 Å². The Morgan fingerprint density at radius 3 is 2.74 bits per heavy atom. The predicted molar refractivity (Wildman–Crippen MR) is 103 cm³/mol. The van der Waals surface area contributed by atoms with Gasteiger partial charge < -0.3 is 10.6 Å². The molecule has 4 nitrogen and oxygen atoms in total. The van der Waals surface area contributed by atoms with Crippen molar-refractivity contribution in [3.05, 3.63) is 51.7 Å². The van der Waals surface area contributed by atoms with Gasteiger partial charge >= 0.3 is 0 Å². The molecule has 1 aromatic heterocycles. The van der Waals surface area contributed by atoms with Crippen molar-refractivity contribution in [2.24, 2.45) is 5.10 Å². The van der Waals surface area contributed by atoms with E-state index in [1.165, 1.54) is 16.7 Å². The summed E-state index contributed by atoms with van der Waals surface area (Å²) >= 11 is 1.61. The quantitative estimate of drug-likeness (QED) is 0.496. The number of nitrogens with zero attached hydrogens (tertiary/aromatic N) is 1. The maximum Gasteiger partial charge on any atom is 0.0761 e. The van der Waals surface area contributed by atoms with Gasteiger partial charge in [0.25, 0.3) is 0 Å². The third kappa shape index (κ3) is 3.81. The number of hydrogen-bond donors (Lipinski definition) is 3. The lowest BCUT2D eigenvalue weighted by molar-refractivity contribution is 0.806. The SMILES string of the molecule is C=NNc1cscc1C(=C)Nc1c(C)ccc(CNC)c1CC. The predicted octanol–water partition coefficient (Wildman–Crippen LogP) is 4.45. The van der Waals surface area contributed by atoms with E-state index < -0.39 is 0 Å². The zero-order chi connectivity index (χ0) is 16.8. The smallest absolute Gasteiger partial charge is 0.0761 e. The molecular weight excluding hydrogens is 304 g/mol. The molecule has 0 radical (unpaired) electrons. The minimum Gasteiger partial charge on any atom is -0.355 e. The van der Waals surface area contributed by atoms with Crippen LogP contribution in [0, 0.1) is 6.92 Å². The van der Waals surface area contributed by atoms with E-state index in [9.17, 15) is 0 Å². The highest BCUT2D eigenvalue weighted by atomic mass is 32.1. The normalized spacial score (nSPS) is 10.4. The van der Waals surface area contributed by atoms with Gasteiger partial charge in [-0.2, -0.15) is 5.10 Å². The van der Waals surface area contributed by atoms with Gasteiger partial charge in [-0.25, -0.2) is 0 Å². The third-order valence-corrected chi connectivity index (χ3v) is 4.55. The summed E-state index contributed by atoms with van der Waals surface area (Å²) in [6.07, 6.45) is 0.970. The number of benzene rings is 1. The number of hydrazone groups is 1. The van der Waals surface area contributed by atoms with Gasteiger partial charge in [0, 0.05) is 41.0 Å². The van der Waals surface area contributed by atoms with E-state index in [1.54, 1.807) is 11.3 Å². The second kappa shape index (κ2) is 7.94. The first-order chi connectivity index (χ1) is 11.1. The Morgan fingerprint density at radius 2 is 2.09 bits per heavy atom. The standard InChI is InChI=1S/C18H24N4S/c1-6-15-14(9-19-4)8-7-12(2)18(15)21-13(3)16-10-23-11-17(16)22-20-5/h7-8,10-11,19,21-22H,3,5-6,9H2,1-2,4H3. The molecule has 0 aliphatic rings. The van der Waals surface area contributed by atoms with Crippen LogP contribution in [-0.2, 0) is 13.0 Å². The van der Waals surface area contributed by atoms with Crippen LogP contribution in [0.3, 0.4) is 0 Å². The Hall–Kier alpha value is -2.11. The van der Waals surface area contributed by atoms with Crippen molar-refractivity contribution in [3.8, 4) is 0 Å². The monoisotopic (exact) mass is 328 g/mol. The van der Waals surface area contributed by atoms with Gasteiger partial charge in [-0.1, -0.05) is 25.6 Å². The lowest BCUT2D eigenvalue weighted by atomic mass is 9.98. The molecule has 0 amide bonds. The lowest BCUT2D eigenvalue weighted by Crippen LogP contribution is -2.11. The summed E-state index contributed by atoms with van der Waals surface area (Å²) in [7, 11) is 1.97. The average molecular weight is 328 g/mol. The van der Waals surface area contributed by atoms with E-state index in [0.29, 0.717) is 0 Å². The van der Waals surface area contributed by atoms with E-state index in [1.807, 2.05) is 12.4 Å². The first-order valence-corrected chi connectivity index (χ1v) is 8.56. The topological polar surface area (TPSA) is 48.5 Å². The lowest BCUT2D eigenvalue weighted by Gasteiger charge is -2.19. The van der Waals surface area contributed by atoms with E-state index in [-0.39, 0.29) is 0 Å². The highest BCUT2D eigenvalue weighted by Crippen LogP contribution is 2.32. The Kier molecular flexibility index (Phi) is 5.96. The number of hydrogen-bond acceptors (Lipinski definition) is 5. The van der Waals surface area contributed by atoms with E-state index in [0.717, 1.165) is 35.6 Å².